The number of carbonyl (C=O) groups excluding carboxylic acids is 1. The first-order chi connectivity index (χ1) is 28.3. The van der Waals surface area contributed by atoms with Crippen LogP contribution in [0.5, 0.6) is 5.75 Å². The number of hydrogen-bond acceptors (Lipinski definition) is 14. The fourth-order valence-corrected chi connectivity index (χ4v) is 8.69. The molecule has 1 aliphatic carbocycles. The number of amides is 1. The van der Waals surface area contributed by atoms with Crippen LogP contribution >= 0.6 is 54.2 Å². The lowest BCUT2D eigenvalue weighted by Crippen LogP contribution is -2.29. The molecule has 1 aromatic heterocycles. The summed E-state index contributed by atoms with van der Waals surface area (Å²) in [7, 11) is -4.77. The maximum Gasteiger partial charge on any atom is 0.351 e. The van der Waals surface area contributed by atoms with Gasteiger partial charge in [0.15, 0.2) is 0 Å². The van der Waals surface area contributed by atoms with E-state index < -0.39 is 61.4 Å². The predicted octanol–water partition coefficient (Wildman–Crippen LogP) is 6.48. The van der Waals surface area contributed by atoms with Crippen LogP contribution in [0.3, 0.4) is 0 Å². The van der Waals surface area contributed by atoms with E-state index in [1.165, 1.54) is 38.2 Å². The van der Waals surface area contributed by atoms with Gasteiger partial charge in [-0.3, -0.25) is 18.7 Å². The number of fused-ring (bicyclic) bond motifs is 2. The van der Waals surface area contributed by atoms with Crippen LogP contribution in [0.4, 0.5) is 5.82 Å². The molecule has 17 nitrogen and oxygen atoms in total. The van der Waals surface area contributed by atoms with Crippen molar-refractivity contribution in [2.24, 2.45) is 0 Å². The summed E-state index contributed by atoms with van der Waals surface area (Å²) in [6, 6.07) is 5.13. The summed E-state index contributed by atoms with van der Waals surface area (Å²) in [6.07, 6.45) is 0.0538. The lowest BCUT2D eigenvalue weighted by atomic mass is 9.87. The number of carboxylic acid groups (broad SMARTS) is 1. The van der Waals surface area contributed by atoms with Crippen molar-refractivity contribution in [1.29, 1.82) is 0 Å². The normalized spacial score (nSPS) is 17.6. The number of anilines is 1. The number of phenolic OH excluding ortho intramolecular Hbond substituents is 1. The van der Waals surface area contributed by atoms with Gasteiger partial charge in [-0.15, -0.1) is 0 Å². The molecule has 1 fully saturated rings. The molecule has 22 heteroatoms. The minimum Gasteiger partial charge on any atom is -0.756 e. The maximum atomic E-state index is 13.6. The second-order valence-electron chi connectivity index (χ2n) is 13.9. The summed E-state index contributed by atoms with van der Waals surface area (Å²) < 4.78 is 35.0. The molecule has 0 saturated carbocycles. The van der Waals surface area contributed by atoms with E-state index in [0.29, 0.717) is 25.7 Å². The molecule has 2 aromatic carbocycles. The predicted molar refractivity (Wildman–Crippen MR) is 220 cm³/mol. The number of aromatic hydroxyl groups is 1. The number of carboxylic acids is 1. The third kappa shape index (κ3) is 9.31. The number of aromatic carboxylic acids is 1. The first kappa shape index (κ1) is 45.3. The molecule has 60 heavy (non-hydrogen) atoms. The van der Waals surface area contributed by atoms with Gasteiger partial charge in [-0.25, -0.2) is 9.59 Å². The second-order valence-corrected chi connectivity index (χ2v) is 16.9. The Hall–Kier alpha value is -4.26. The van der Waals surface area contributed by atoms with Crippen molar-refractivity contribution < 1.29 is 52.6 Å². The number of nitrogen functional groups attached to an aromatic ring is 1. The molecule has 4 atom stereocenters. The number of nitrogens with two attached hydrogens (primary N) is 1. The van der Waals surface area contributed by atoms with Crippen LogP contribution in [-0.2, 0) is 18.3 Å². The smallest absolute Gasteiger partial charge is 0.351 e. The number of aryl methyl sites for hydroxylation is 1. The number of unbranched alkanes of at least 4 members (excludes halogenated alkanes) is 3. The quantitative estimate of drug-likeness (QED) is 0.0427. The second kappa shape index (κ2) is 18.4. The number of phosphoric ester groups is 1. The van der Waals surface area contributed by atoms with Gasteiger partial charge in [0.1, 0.15) is 35.2 Å². The SMILES string of the molecule is Cc1c2oc3c(C)c(O)c(Cl)cc3c(-c3c(Cl)c(C(=O)NCCCCCCOP(=O)([O-])OC[C@H]4O[C@@H](n5ccc(N)nc5=O)C[C@H]4O)cc(Cl)c3C(=O)O)c-2cc(Cl)c1=O. The average Bonchev–Trinajstić information content (AvgIpc) is 3.56. The number of hydrogen-bond donors (Lipinski definition) is 5. The third-order valence-corrected chi connectivity index (χ3v) is 12.1. The van der Waals surface area contributed by atoms with Gasteiger partial charge >= 0.3 is 11.7 Å². The molecule has 3 aromatic rings. The van der Waals surface area contributed by atoms with Crippen molar-refractivity contribution in [3.05, 3.63) is 93.5 Å². The molecule has 1 amide bonds. The van der Waals surface area contributed by atoms with Gasteiger partial charge in [-0.1, -0.05) is 59.2 Å². The highest BCUT2D eigenvalue weighted by Gasteiger charge is 2.37. The molecule has 3 heterocycles. The zero-order chi connectivity index (χ0) is 43.8. The lowest BCUT2D eigenvalue weighted by Gasteiger charge is -2.25. The Balaban J connectivity index is 1.09. The molecule has 6 rings (SSSR count). The van der Waals surface area contributed by atoms with Crippen LogP contribution in [0.15, 0.2) is 44.5 Å². The number of ether oxygens (including phenoxy) is 1. The minimum absolute atomic E-state index is 0.00900. The first-order valence-corrected chi connectivity index (χ1v) is 21.2. The van der Waals surface area contributed by atoms with Crippen molar-refractivity contribution in [3.8, 4) is 28.2 Å². The molecular weight excluding hydrogens is 893 g/mol. The van der Waals surface area contributed by atoms with Crippen LogP contribution in [0.25, 0.3) is 33.4 Å². The lowest BCUT2D eigenvalue weighted by molar-refractivity contribution is -0.228. The van der Waals surface area contributed by atoms with Crippen molar-refractivity contribution in [3.63, 3.8) is 0 Å². The number of aliphatic hydroxyl groups is 1. The Kier molecular flexibility index (Phi) is 13.9. The number of nitrogens with zero attached hydrogens (tertiary/aromatic N) is 2. The van der Waals surface area contributed by atoms with E-state index in [1.54, 1.807) is 0 Å². The number of phosphoric acid groups is 1. The van der Waals surface area contributed by atoms with E-state index in [2.05, 4.69) is 10.3 Å². The zero-order valence-corrected chi connectivity index (χ0v) is 35.5. The Morgan fingerprint density at radius 1 is 1.03 bits per heavy atom. The fourth-order valence-electron chi connectivity index (χ4n) is 6.81. The van der Waals surface area contributed by atoms with E-state index in [4.69, 9.17) is 70.3 Å². The van der Waals surface area contributed by atoms with Crippen molar-refractivity contribution >= 4 is 82.9 Å². The van der Waals surface area contributed by atoms with Gasteiger partial charge in [0.05, 0.1) is 50.5 Å². The topological polar surface area (TPSA) is 266 Å². The Labute approximate surface area is 360 Å². The summed E-state index contributed by atoms with van der Waals surface area (Å²) in [5.41, 5.74) is 4.00. The number of halogens is 4. The molecule has 0 bridgehead atoms. The molecular formula is C38H36Cl4N4O13P-. The summed E-state index contributed by atoms with van der Waals surface area (Å²) >= 11 is 26.2. The molecule has 1 unspecified atom stereocenters. The molecule has 320 valence electrons. The Morgan fingerprint density at radius 3 is 2.45 bits per heavy atom. The fraction of sp³-hybridized carbons (Fsp3) is 0.342. The van der Waals surface area contributed by atoms with Crippen LogP contribution < -0.4 is 27.1 Å². The van der Waals surface area contributed by atoms with Crippen LogP contribution in [0, 0.1) is 13.8 Å². The van der Waals surface area contributed by atoms with Gasteiger partial charge in [-0.05, 0) is 51.0 Å². The summed E-state index contributed by atoms with van der Waals surface area (Å²) in [5, 5.41) is 33.3. The number of aromatic nitrogens is 2. The molecule has 0 radical (unpaired) electrons. The van der Waals surface area contributed by atoms with Crippen molar-refractivity contribution in [2.45, 2.75) is 64.4 Å². The third-order valence-electron chi connectivity index (χ3n) is 9.89. The van der Waals surface area contributed by atoms with E-state index in [-0.39, 0.29) is 101 Å². The largest absolute Gasteiger partial charge is 0.756 e. The van der Waals surface area contributed by atoms with E-state index in [9.17, 15) is 44.0 Å². The first-order valence-electron chi connectivity index (χ1n) is 18.2. The number of carbonyl (C=O) groups is 2. The van der Waals surface area contributed by atoms with E-state index >= 15 is 0 Å². The molecule has 0 spiro atoms. The molecule has 1 saturated heterocycles. The van der Waals surface area contributed by atoms with Crippen molar-refractivity contribution in [1.82, 2.24) is 14.9 Å². The van der Waals surface area contributed by atoms with Gasteiger partial charge < -0.3 is 49.5 Å². The van der Waals surface area contributed by atoms with Gasteiger partial charge in [0.2, 0.25) is 5.43 Å². The maximum absolute atomic E-state index is 13.6. The van der Waals surface area contributed by atoms with Crippen LogP contribution in [-0.4, -0.2) is 68.7 Å². The summed E-state index contributed by atoms with van der Waals surface area (Å²) in [4.78, 5) is 67.2. The molecule has 3 aliphatic rings. The van der Waals surface area contributed by atoms with Crippen molar-refractivity contribution in [2.75, 3.05) is 25.5 Å². The van der Waals surface area contributed by atoms with E-state index in [1.807, 2.05) is 0 Å². The Morgan fingerprint density at radius 2 is 1.75 bits per heavy atom. The van der Waals surface area contributed by atoms with E-state index in [0.717, 1.165) is 10.6 Å². The zero-order valence-electron chi connectivity index (χ0n) is 31.6. The standard InChI is InChI=1S/C38H37Cl4N4O13P/c1-16-32(48)22(40)11-18-28(19-12-23(41)33(49)17(2)35(19)59-34(16)18)30-29(37(51)52)21(39)13-20(31(30)42)36(50)44-8-5-3-4-6-10-56-60(54,55)57-15-25-24(47)14-27(58-25)46-9-7-26(43)45-38(46)53/h7,9,11-13,24-25,27,47-48H,3-6,8,10,14-15H2,1-2H3,(H,44,50)(H,51,52)(H,54,55)(H2,43,45,53)/p-1/t24-,25-,27-/m1/s1. The summed E-state index contributed by atoms with van der Waals surface area (Å²) in [6.45, 7) is 2.36. The highest BCUT2D eigenvalue weighted by Crippen LogP contribution is 2.50. The van der Waals surface area contributed by atoms with Crippen LogP contribution in [0.1, 0.15) is 70.2 Å². The number of phenols is 1. The number of benzene rings is 3. The molecule has 6 N–H and O–H groups in total. The van der Waals surface area contributed by atoms with Gasteiger partial charge in [0.25, 0.3) is 13.7 Å². The Bertz CT molecular complexity index is 2660. The highest BCUT2D eigenvalue weighted by molar-refractivity contribution is 7.45. The summed E-state index contributed by atoms with van der Waals surface area (Å²) in [5.74, 6) is -2.45. The minimum atomic E-state index is -4.77. The number of nitrogens with one attached hydrogen (secondary N) is 1. The number of aliphatic hydroxyl groups excluding tert-OH is 1. The van der Waals surface area contributed by atoms with Gasteiger partial charge in [0, 0.05) is 52.4 Å². The molecule has 2 aliphatic heterocycles. The highest BCUT2D eigenvalue weighted by atomic mass is 35.5. The monoisotopic (exact) mass is 927 g/mol. The average molecular weight is 930 g/mol. The van der Waals surface area contributed by atoms with Gasteiger partial charge in [-0.2, -0.15) is 4.98 Å². The van der Waals surface area contributed by atoms with Crippen LogP contribution in [0.2, 0.25) is 20.1 Å². The number of rotatable bonds is 15.